The first kappa shape index (κ1) is 14.2. The van der Waals surface area contributed by atoms with Crippen LogP contribution in [0.25, 0.3) is 0 Å². The highest BCUT2D eigenvalue weighted by Crippen LogP contribution is 2.29. The van der Waals surface area contributed by atoms with Crippen molar-refractivity contribution in [1.82, 2.24) is 4.98 Å². The normalized spacial score (nSPS) is 15.2. The number of ketones is 1. The number of hydrogen-bond acceptors (Lipinski definition) is 4. The van der Waals surface area contributed by atoms with Crippen LogP contribution in [0.3, 0.4) is 0 Å². The summed E-state index contributed by atoms with van der Waals surface area (Å²) >= 11 is 2.08. The van der Waals surface area contributed by atoms with Crippen molar-refractivity contribution in [2.45, 2.75) is 32.8 Å². The molecule has 0 atom stereocenters. The van der Waals surface area contributed by atoms with Gasteiger partial charge in [0.15, 0.2) is 5.78 Å². The molecule has 1 aromatic heterocycles. The van der Waals surface area contributed by atoms with Crippen LogP contribution in [0.1, 0.15) is 37.6 Å². The number of fused-ring (bicyclic) bond motifs is 1. The molecule has 0 aliphatic carbocycles. The van der Waals surface area contributed by atoms with Crippen LogP contribution in [-0.2, 0) is 4.74 Å². The van der Waals surface area contributed by atoms with Crippen molar-refractivity contribution in [3.8, 4) is 0 Å². The predicted molar refractivity (Wildman–Crippen MR) is 79.5 cm³/mol. The second-order valence-electron chi connectivity index (χ2n) is 5.30. The number of anilines is 1. The number of nitrogens with zero attached hydrogens (tertiary/aromatic N) is 2. The van der Waals surface area contributed by atoms with Crippen LogP contribution >= 0.6 is 22.6 Å². The van der Waals surface area contributed by atoms with E-state index in [1.807, 2.05) is 20.8 Å². The molecule has 6 heteroatoms. The Kier molecular flexibility index (Phi) is 3.80. The number of carbonyl (C=O) groups excluding carboxylic acids is 2. The molecule has 102 valence electrons. The van der Waals surface area contributed by atoms with Crippen molar-refractivity contribution < 1.29 is 14.3 Å². The van der Waals surface area contributed by atoms with Gasteiger partial charge < -0.3 is 4.74 Å². The average Bonchev–Trinajstić information content (AvgIpc) is 2.26. The summed E-state index contributed by atoms with van der Waals surface area (Å²) < 4.78 is 6.15. The number of amides is 1. The Morgan fingerprint density at radius 1 is 1.47 bits per heavy atom. The van der Waals surface area contributed by atoms with Gasteiger partial charge in [-0.15, -0.1) is 0 Å². The highest BCUT2D eigenvalue weighted by atomic mass is 127. The van der Waals surface area contributed by atoms with Crippen LogP contribution in [0.15, 0.2) is 12.3 Å². The SMILES string of the molecule is CC(C)(C)OC(=O)N1CCC(=O)c2c(I)ccnc21. The summed E-state index contributed by atoms with van der Waals surface area (Å²) in [5.74, 6) is 0.421. The van der Waals surface area contributed by atoms with Crippen LogP contribution in [0.4, 0.5) is 10.6 Å². The Morgan fingerprint density at radius 3 is 2.79 bits per heavy atom. The van der Waals surface area contributed by atoms with Crippen LogP contribution < -0.4 is 4.90 Å². The molecule has 0 fully saturated rings. The van der Waals surface area contributed by atoms with Gasteiger partial charge in [0.05, 0.1) is 5.56 Å². The molecule has 19 heavy (non-hydrogen) atoms. The lowest BCUT2D eigenvalue weighted by molar-refractivity contribution is 0.0576. The van der Waals surface area contributed by atoms with E-state index in [2.05, 4.69) is 27.6 Å². The maximum Gasteiger partial charge on any atom is 0.416 e. The summed E-state index contributed by atoms with van der Waals surface area (Å²) in [5, 5.41) is 0. The van der Waals surface area contributed by atoms with Crippen LogP contribution in [0, 0.1) is 3.57 Å². The maximum absolute atomic E-state index is 12.1. The Balaban J connectivity index is 2.37. The molecule has 0 spiro atoms. The van der Waals surface area contributed by atoms with Crippen LogP contribution in [-0.4, -0.2) is 29.0 Å². The molecule has 0 saturated heterocycles. The summed E-state index contributed by atoms with van der Waals surface area (Å²) in [6, 6.07) is 1.76. The third-order valence-corrected chi connectivity index (χ3v) is 3.49. The lowest BCUT2D eigenvalue weighted by atomic mass is 10.0. The summed E-state index contributed by atoms with van der Waals surface area (Å²) in [5.41, 5.74) is -0.0547. The van der Waals surface area contributed by atoms with Crippen LogP contribution in [0.2, 0.25) is 0 Å². The first-order valence-electron chi connectivity index (χ1n) is 5.98. The number of carbonyl (C=O) groups is 2. The van der Waals surface area contributed by atoms with Gasteiger partial charge in [0.25, 0.3) is 0 Å². The maximum atomic E-state index is 12.1. The number of pyridine rings is 1. The molecule has 1 aromatic rings. The number of ether oxygens (including phenoxy) is 1. The first-order chi connectivity index (χ1) is 8.79. The van der Waals surface area contributed by atoms with Gasteiger partial charge in [-0.2, -0.15) is 0 Å². The average molecular weight is 374 g/mol. The molecule has 5 nitrogen and oxygen atoms in total. The summed E-state index contributed by atoms with van der Waals surface area (Å²) in [6.07, 6.45) is 1.43. The summed E-state index contributed by atoms with van der Waals surface area (Å²) in [7, 11) is 0. The molecule has 0 unspecified atom stereocenters. The van der Waals surface area contributed by atoms with E-state index in [-0.39, 0.29) is 5.78 Å². The molecule has 0 aromatic carbocycles. The number of hydrogen-bond donors (Lipinski definition) is 0. The molecular weight excluding hydrogens is 359 g/mol. The van der Waals surface area contributed by atoms with E-state index in [1.54, 1.807) is 12.3 Å². The molecular formula is C13H15IN2O3. The minimum absolute atomic E-state index is 0.0207. The molecule has 0 saturated carbocycles. The topological polar surface area (TPSA) is 59.5 Å². The van der Waals surface area contributed by atoms with Crippen molar-refractivity contribution in [3.05, 3.63) is 21.4 Å². The minimum atomic E-state index is -0.569. The van der Waals surface area contributed by atoms with E-state index in [0.29, 0.717) is 24.3 Å². The lowest BCUT2D eigenvalue weighted by Crippen LogP contribution is -2.41. The second-order valence-corrected chi connectivity index (χ2v) is 6.46. The van der Waals surface area contributed by atoms with Gasteiger partial charge in [0.1, 0.15) is 11.4 Å². The zero-order valence-corrected chi connectivity index (χ0v) is 13.2. The molecule has 0 bridgehead atoms. The zero-order valence-electron chi connectivity index (χ0n) is 11.1. The lowest BCUT2D eigenvalue weighted by Gasteiger charge is -2.30. The molecule has 1 amide bonds. The van der Waals surface area contributed by atoms with Gasteiger partial charge in [-0.1, -0.05) is 0 Å². The van der Waals surface area contributed by atoms with Gasteiger partial charge in [-0.25, -0.2) is 9.78 Å². The van der Waals surface area contributed by atoms with E-state index >= 15 is 0 Å². The second kappa shape index (κ2) is 5.07. The minimum Gasteiger partial charge on any atom is -0.443 e. The van der Waals surface area contributed by atoms with Crippen molar-refractivity contribution in [3.63, 3.8) is 0 Å². The third kappa shape index (κ3) is 3.05. The van der Waals surface area contributed by atoms with Gasteiger partial charge in [0, 0.05) is 22.7 Å². The fraction of sp³-hybridized carbons (Fsp3) is 0.462. The predicted octanol–water partition coefficient (Wildman–Crippen LogP) is 3.01. The molecule has 1 aliphatic rings. The summed E-state index contributed by atoms with van der Waals surface area (Å²) in [4.78, 5) is 29.7. The van der Waals surface area contributed by atoms with Crippen molar-refractivity contribution in [1.29, 1.82) is 0 Å². The van der Waals surface area contributed by atoms with E-state index in [4.69, 9.17) is 4.74 Å². The van der Waals surface area contributed by atoms with Gasteiger partial charge in [0.2, 0.25) is 0 Å². The fourth-order valence-electron chi connectivity index (χ4n) is 1.83. The zero-order chi connectivity index (χ0) is 14.2. The number of rotatable bonds is 0. The van der Waals surface area contributed by atoms with Crippen LogP contribution in [0.5, 0.6) is 0 Å². The van der Waals surface area contributed by atoms with Crippen molar-refractivity contribution >= 4 is 40.3 Å². The Bertz CT molecular complexity index is 537. The van der Waals surface area contributed by atoms with E-state index < -0.39 is 11.7 Å². The number of Topliss-reactive ketones (excluding diaryl/α,β-unsaturated/α-hetero) is 1. The van der Waals surface area contributed by atoms with Gasteiger partial charge in [-0.3, -0.25) is 9.69 Å². The molecule has 0 N–H and O–H groups in total. The van der Waals surface area contributed by atoms with Crippen molar-refractivity contribution in [2.24, 2.45) is 0 Å². The third-order valence-electron chi connectivity index (χ3n) is 2.59. The quantitative estimate of drug-likeness (QED) is 0.655. The largest absolute Gasteiger partial charge is 0.443 e. The highest BCUT2D eigenvalue weighted by molar-refractivity contribution is 14.1. The molecule has 1 aliphatic heterocycles. The van der Waals surface area contributed by atoms with Gasteiger partial charge in [-0.05, 0) is 49.4 Å². The Hall–Kier alpha value is -1.18. The number of halogens is 1. The molecule has 0 radical (unpaired) electrons. The monoisotopic (exact) mass is 374 g/mol. The fourth-order valence-corrected chi connectivity index (χ4v) is 2.53. The first-order valence-corrected chi connectivity index (χ1v) is 7.06. The Morgan fingerprint density at radius 2 is 2.16 bits per heavy atom. The smallest absolute Gasteiger partial charge is 0.416 e. The Labute approximate surface area is 125 Å². The van der Waals surface area contributed by atoms with E-state index in [0.717, 1.165) is 3.57 Å². The molecule has 2 rings (SSSR count). The van der Waals surface area contributed by atoms with E-state index in [9.17, 15) is 9.59 Å². The number of aromatic nitrogens is 1. The van der Waals surface area contributed by atoms with Crippen molar-refractivity contribution in [2.75, 3.05) is 11.4 Å². The standard InChI is InChI=1S/C13H15IN2O3/c1-13(2,3)19-12(18)16-7-5-9(17)10-8(14)4-6-15-11(10)16/h4,6H,5,7H2,1-3H3. The van der Waals surface area contributed by atoms with Gasteiger partial charge >= 0.3 is 6.09 Å². The highest BCUT2D eigenvalue weighted by Gasteiger charge is 2.32. The van der Waals surface area contributed by atoms with E-state index in [1.165, 1.54) is 4.90 Å². The summed E-state index contributed by atoms with van der Waals surface area (Å²) in [6.45, 7) is 5.74. The molecule has 2 heterocycles.